The molecule has 2 rings (SSSR count). The van der Waals surface area contributed by atoms with Crippen molar-refractivity contribution in [2.24, 2.45) is 0 Å². The van der Waals surface area contributed by atoms with Crippen LogP contribution in [0, 0.1) is 10.1 Å². The van der Waals surface area contributed by atoms with Gasteiger partial charge in [-0.05, 0) is 38.9 Å². The lowest BCUT2D eigenvalue weighted by atomic mass is 10.2. The summed E-state index contributed by atoms with van der Waals surface area (Å²) in [5, 5.41) is 14.1. The third-order valence-corrected chi connectivity index (χ3v) is 3.45. The molecule has 1 aliphatic rings. The number of nitrogens with zero attached hydrogens (tertiary/aromatic N) is 2. The minimum atomic E-state index is -0.344. The summed E-state index contributed by atoms with van der Waals surface area (Å²) in [5.41, 5.74) is 0.750. The van der Waals surface area contributed by atoms with Gasteiger partial charge in [0.25, 0.3) is 5.69 Å². The summed E-state index contributed by atoms with van der Waals surface area (Å²) in [6.45, 7) is 5.18. The average Bonchev–Trinajstić information content (AvgIpc) is 2.90. The number of nitro groups is 1. The van der Waals surface area contributed by atoms with E-state index in [0.717, 1.165) is 19.6 Å². The van der Waals surface area contributed by atoms with Crippen LogP contribution in [0.25, 0.3) is 0 Å². The summed E-state index contributed by atoms with van der Waals surface area (Å²) < 4.78 is 0. The summed E-state index contributed by atoms with van der Waals surface area (Å²) in [4.78, 5) is 13.0. The summed E-state index contributed by atoms with van der Waals surface area (Å²) >= 11 is 0. The molecule has 1 aromatic rings. The molecule has 0 saturated carbocycles. The first-order valence-corrected chi connectivity index (χ1v) is 6.40. The topological polar surface area (TPSA) is 58.4 Å². The third-order valence-electron chi connectivity index (χ3n) is 3.45. The lowest BCUT2D eigenvalue weighted by Crippen LogP contribution is -2.35. The molecule has 0 amide bonds. The number of likely N-dealkylation sites (tertiary alicyclic amines) is 1. The fourth-order valence-corrected chi connectivity index (χ4v) is 2.35. The van der Waals surface area contributed by atoms with Gasteiger partial charge < -0.3 is 5.32 Å². The number of rotatable bonds is 5. The SMILES string of the molecule is CC(CNc1ccccc1[N+](=O)[O-])N1CCCC1. The fraction of sp³-hybridized carbons (Fsp3) is 0.538. The van der Waals surface area contributed by atoms with Crippen molar-refractivity contribution in [3.05, 3.63) is 34.4 Å². The van der Waals surface area contributed by atoms with Crippen LogP contribution in [0.2, 0.25) is 0 Å². The van der Waals surface area contributed by atoms with Gasteiger partial charge in [0, 0.05) is 18.7 Å². The Hall–Kier alpha value is -1.62. The maximum Gasteiger partial charge on any atom is 0.292 e. The largest absolute Gasteiger partial charge is 0.378 e. The molecule has 1 N–H and O–H groups in total. The Morgan fingerprint density at radius 2 is 2.06 bits per heavy atom. The van der Waals surface area contributed by atoms with Gasteiger partial charge in [0.15, 0.2) is 0 Å². The number of hydrogen-bond acceptors (Lipinski definition) is 4. The highest BCUT2D eigenvalue weighted by atomic mass is 16.6. The highest BCUT2D eigenvalue weighted by molar-refractivity contribution is 5.61. The van der Waals surface area contributed by atoms with Gasteiger partial charge in [0.1, 0.15) is 5.69 Å². The zero-order chi connectivity index (χ0) is 13.0. The number of anilines is 1. The van der Waals surface area contributed by atoms with E-state index in [0.29, 0.717) is 11.7 Å². The minimum absolute atomic E-state index is 0.145. The summed E-state index contributed by atoms with van der Waals surface area (Å²) in [6, 6.07) is 7.20. The summed E-state index contributed by atoms with van der Waals surface area (Å²) in [7, 11) is 0. The second-order valence-electron chi connectivity index (χ2n) is 4.75. The molecule has 1 heterocycles. The van der Waals surface area contributed by atoms with E-state index in [2.05, 4.69) is 17.1 Å². The van der Waals surface area contributed by atoms with Crippen LogP contribution in [0.15, 0.2) is 24.3 Å². The summed E-state index contributed by atoms with van der Waals surface area (Å²) in [5.74, 6) is 0. The monoisotopic (exact) mass is 249 g/mol. The number of hydrogen-bond donors (Lipinski definition) is 1. The molecule has 1 unspecified atom stereocenters. The second-order valence-corrected chi connectivity index (χ2v) is 4.75. The molecule has 1 saturated heterocycles. The number of para-hydroxylation sites is 2. The molecule has 5 heteroatoms. The van der Waals surface area contributed by atoms with Crippen LogP contribution >= 0.6 is 0 Å². The molecular weight excluding hydrogens is 230 g/mol. The van der Waals surface area contributed by atoms with E-state index in [1.807, 2.05) is 6.07 Å². The van der Waals surface area contributed by atoms with Crippen LogP contribution in [0.1, 0.15) is 19.8 Å². The van der Waals surface area contributed by atoms with Crippen LogP contribution in [0.3, 0.4) is 0 Å². The molecule has 1 aromatic carbocycles. The van der Waals surface area contributed by atoms with Crippen LogP contribution in [0.4, 0.5) is 11.4 Å². The number of benzene rings is 1. The third kappa shape index (κ3) is 2.98. The normalized spacial score (nSPS) is 17.6. The molecule has 0 bridgehead atoms. The molecule has 1 atom stereocenters. The molecule has 1 aliphatic heterocycles. The fourth-order valence-electron chi connectivity index (χ4n) is 2.35. The first-order chi connectivity index (χ1) is 8.68. The highest BCUT2D eigenvalue weighted by Crippen LogP contribution is 2.23. The zero-order valence-corrected chi connectivity index (χ0v) is 10.6. The second kappa shape index (κ2) is 5.82. The van der Waals surface area contributed by atoms with Gasteiger partial charge in [-0.25, -0.2) is 0 Å². The maximum atomic E-state index is 10.9. The molecule has 0 aliphatic carbocycles. The molecule has 18 heavy (non-hydrogen) atoms. The standard InChI is InChI=1S/C13H19N3O2/c1-11(15-8-4-5-9-15)10-14-12-6-2-3-7-13(12)16(17)18/h2-3,6-7,11,14H,4-5,8-10H2,1H3. The van der Waals surface area contributed by atoms with E-state index < -0.39 is 0 Å². The van der Waals surface area contributed by atoms with Crippen LogP contribution in [0.5, 0.6) is 0 Å². The van der Waals surface area contributed by atoms with Crippen LogP contribution in [-0.2, 0) is 0 Å². The van der Waals surface area contributed by atoms with Crippen molar-refractivity contribution in [1.29, 1.82) is 0 Å². The predicted molar refractivity (Wildman–Crippen MR) is 71.9 cm³/mol. The quantitative estimate of drug-likeness (QED) is 0.643. The van der Waals surface area contributed by atoms with Gasteiger partial charge in [-0.15, -0.1) is 0 Å². The van der Waals surface area contributed by atoms with Gasteiger partial charge in [-0.3, -0.25) is 15.0 Å². The Morgan fingerprint density at radius 1 is 1.39 bits per heavy atom. The zero-order valence-electron chi connectivity index (χ0n) is 10.6. The Labute approximate surface area is 107 Å². The lowest BCUT2D eigenvalue weighted by molar-refractivity contribution is -0.384. The first-order valence-electron chi connectivity index (χ1n) is 6.40. The van der Waals surface area contributed by atoms with Crippen molar-refractivity contribution < 1.29 is 4.92 Å². The van der Waals surface area contributed by atoms with Crippen molar-refractivity contribution in [2.75, 3.05) is 25.0 Å². The van der Waals surface area contributed by atoms with Gasteiger partial charge in [-0.2, -0.15) is 0 Å². The first kappa shape index (κ1) is 12.8. The smallest absolute Gasteiger partial charge is 0.292 e. The molecular formula is C13H19N3O2. The Balaban J connectivity index is 1.95. The van der Waals surface area contributed by atoms with E-state index in [-0.39, 0.29) is 10.6 Å². The summed E-state index contributed by atoms with van der Waals surface area (Å²) in [6.07, 6.45) is 2.52. The van der Waals surface area contributed by atoms with Gasteiger partial charge in [0.05, 0.1) is 4.92 Å². The molecule has 1 fully saturated rings. The molecule has 0 aromatic heterocycles. The highest BCUT2D eigenvalue weighted by Gasteiger charge is 2.19. The van der Waals surface area contributed by atoms with Crippen molar-refractivity contribution in [1.82, 2.24) is 4.90 Å². The van der Waals surface area contributed by atoms with Crippen molar-refractivity contribution in [3.8, 4) is 0 Å². The molecule has 0 radical (unpaired) electrons. The van der Waals surface area contributed by atoms with E-state index in [1.165, 1.54) is 18.9 Å². The van der Waals surface area contributed by atoms with E-state index in [9.17, 15) is 10.1 Å². The van der Waals surface area contributed by atoms with Gasteiger partial charge in [-0.1, -0.05) is 12.1 Å². The average molecular weight is 249 g/mol. The van der Waals surface area contributed by atoms with Crippen molar-refractivity contribution >= 4 is 11.4 Å². The lowest BCUT2D eigenvalue weighted by Gasteiger charge is -2.24. The van der Waals surface area contributed by atoms with Gasteiger partial charge in [0.2, 0.25) is 0 Å². The van der Waals surface area contributed by atoms with Crippen LogP contribution < -0.4 is 5.32 Å². The van der Waals surface area contributed by atoms with E-state index in [4.69, 9.17) is 0 Å². The maximum absolute atomic E-state index is 10.9. The predicted octanol–water partition coefficient (Wildman–Crippen LogP) is 2.49. The van der Waals surface area contributed by atoms with Gasteiger partial charge >= 0.3 is 0 Å². The number of nitrogens with one attached hydrogen (secondary N) is 1. The number of nitro benzene ring substituents is 1. The van der Waals surface area contributed by atoms with Crippen molar-refractivity contribution in [2.45, 2.75) is 25.8 Å². The van der Waals surface area contributed by atoms with E-state index in [1.54, 1.807) is 12.1 Å². The molecule has 5 nitrogen and oxygen atoms in total. The Bertz CT molecular complexity index is 416. The van der Waals surface area contributed by atoms with E-state index >= 15 is 0 Å². The Kier molecular flexibility index (Phi) is 4.15. The minimum Gasteiger partial charge on any atom is -0.378 e. The van der Waals surface area contributed by atoms with Crippen molar-refractivity contribution in [3.63, 3.8) is 0 Å². The molecule has 0 spiro atoms. The van der Waals surface area contributed by atoms with Crippen LogP contribution in [-0.4, -0.2) is 35.5 Å². The Morgan fingerprint density at radius 3 is 2.72 bits per heavy atom. The molecule has 98 valence electrons.